The highest BCUT2D eigenvalue weighted by Gasteiger charge is 2.25. The van der Waals surface area contributed by atoms with Crippen molar-refractivity contribution in [2.45, 2.75) is 39.8 Å². The van der Waals surface area contributed by atoms with E-state index >= 15 is 0 Å². The first-order valence-electron chi connectivity index (χ1n) is 6.81. The second kappa shape index (κ2) is 9.17. The number of carbonyl (C=O) groups is 3. The fraction of sp³-hybridized carbons (Fsp3) is 0.769. The molecule has 2 amide bonds. The first-order chi connectivity index (χ1) is 9.68. The number of aliphatic hydroxyl groups is 1. The molecule has 0 aliphatic carbocycles. The smallest absolute Gasteiger partial charge is 0.336 e. The van der Waals surface area contributed by atoms with Crippen LogP contribution < -0.4 is 5.32 Å². The van der Waals surface area contributed by atoms with Crippen LogP contribution in [0.5, 0.6) is 0 Å². The summed E-state index contributed by atoms with van der Waals surface area (Å²) < 4.78 is 4.67. The molecule has 8 nitrogen and oxygen atoms in total. The summed E-state index contributed by atoms with van der Waals surface area (Å²) in [5, 5.41) is 20.8. The Balaban J connectivity index is 4.74. The molecule has 21 heavy (non-hydrogen) atoms. The lowest BCUT2D eigenvalue weighted by Crippen LogP contribution is -2.51. The predicted molar refractivity (Wildman–Crippen MR) is 74.7 cm³/mol. The highest BCUT2D eigenvalue weighted by molar-refractivity contribution is 5.83. The standard InChI is InChI=1S/C13H24N2O6/c1-5-21-12(19)10(16)7-15(6-8(2)3)13(20)14-9(4)11(17)18/h8-10,16H,5-7H2,1-4H3,(H,14,20)(H,17,18)/t9-,10?/m0/s1. The van der Waals surface area contributed by atoms with Crippen molar-refractivity contribution in [2.75, 3.05) is 19.7 Å². The van der Waals surface area contributed by atoms with Gasteiger partial charge < -0.3 is 25.2 Å². The summed E-state index contributed by atoms with van der Waals surface area (Å²) in [5.41, 5.74) is 0. The van der Waals surface area contributed by atoms with Gasteiger partial charge in [-0.25, -0.2) is 9.59 Å². The SMILES string of the molecule is CCOC(=O)C(O)CN(CC(C)C)C(=O)N[C@@H](C)C(=O)O. The molecule has 0 bridgehead atoms. The van der Waals surface area contributed by atoms with E-state index in [1.807, 2.05) is 13.8 Å². The number of aliphatic hydroxyl groups excluding tert-OH is 1. The number of hydrogen-bond acceptors (Lipinski definition) is 5. The maximum Gasteiger partial charge on any atom is 0.336 e. The number of urea groups is 1. The molecule has 0 saturated heterocycles. The second-order valence-corrected chi connectivity index (χ2v) is 5.08. The molecule has 0 radical (unpaired) electrons. The van der Waals surface area contributed by atoms with Crippen LogP contribution in [0.2, 0.25) is 0 Å². The molecular formula is C13H24N2O6. The zero-order valence-electron chi connectivity index (χ0n) is 12.8. The largest absolute Gasteiger partial charge is 0.480 e. The van der Waals surface area contributed by atoms with Gasteiger partial charge in [-0.3, -0.25) is 4.79 Å². The summed E-state index contributed by atoms with van der Waals surface area (Å²) in [6.45, 7) is 6.80. The van der Waals surface area contributed by atoms with Gasteiger partial charge in [0.1, 0.15) is 6.04 Å². The Hall–Kier alpha value is -1.83. The molecule has 1 unspecified atom stereocenters. The van der Waals surface area contributed by atoms with Crippen LogP contribution in [0, 0.1) is 5.92 Å². The first-order valence-corrected chi connectivity index (χ1v) is 6.81. The summed E-state index contributed by atoms with van der Waals surface area (Å²) in [5.74, 6) is -1.89. The average Bonchev–Trinajstić information content (AvgIpc) is 2.37. The highest BCUT2D eigenvalue weighted by atomic mass is 16.5. The molecule has 0 heterocycles. The van der Waals surface area contributed by atoms with Gasteiger partial charge in [-0.15, -0.1) is 0 Å². The molecular weight excluding hydrogens is 280 g/mol. The molecule has 0 aromatic heterocycles. The number of nitrogens with one attached hydrogen (secondary N) is 1. The van der Waals surface area contributed by atoms with Gasteiger partial charge in [-0.05, 0) is 19.8 Å². The Morgan fingerprint density at radius 2 is 1.76 bits per heavy atom. The molecule has 0 aliphatic rings. The van der Waals surface area contributed by atoms with E-state index in [0.29, 0.717) is 0 Å². The fourth-order valence-electron chi connectivity index (χ4n) is 1.54. The molecule has 3 N–H and O–H groups in total. The van der Waals surface area contributed by atoms with Crippen molar-refractivity contribution in [1.29, 1.82) is 0 Å². The molecule has 0 aromatic rings. The maximum atomic E-state index is 12.0. The maximum absolute atomic E-state index is 12.0. The lowest BCUT2D eigenvalue weighted by molar-refractivity contribution is -0.153. The third-order valence-electron chi connectivity index (χ3n) is 2.54. The van der Waals surface area contributed by atoms with Gasteiger partial charge in [-0.2, -0.15) is 0 Å². The number of amides is 2. The molecule has 0 rings (SSSR count). The minimum Gasteiger partial charge on any atom is -0.480 e. The minimum absolute atomic E-state index is 0.0882. The second-order valence-electron chi connectivity index (χ2n) is 5.08. The number of nitrogens with zero attached hydrogens (tertiary/aromatic N) is 1. The van der Waals surface area contributed by atoms with Crippen molar-refractivity contribution in [3.8, 4) is 0 Å². The van der Waals surface area contributed by atoms with Crippen LogP contribution in [0.4, 0.5) is 4.79 Å². The topological polar surface area (TPSA) is 116 Å². The Morgan fingerprint density at radius 1 is 1.19 bits per heavy atom. The van der Waals surface area contributed by atoms with E-state index in [-0.39, 0.29) is 25.6 Å². The van der Waals surface area contributed by atoms with Crippen LogP contribution in [-0.4, -0.2) is 64.9 Å². The lowest BCUT2D eigenvalue weighted by Gasteiger charge is -2.27. The van der Waals surface area contributed by atoms with Gasteiger partial charge in [-0.1, -0.05) is 13.8 Å². The number of aliphatic carboxylic acids is 1. The quantitative estimate of drug-likeness (QED) is 0.546. The van der Waals surface area contributed by atoms with Crippen molar-refractivity contribution in [1.82, 2.24) is 10.2 Å². The Labute approximate surface area is 124 Å². The van der Waals surface area contributed by atoms with Crippen molar-refractivity contribution in [2.24, 2.45) is 5.92 Å². The summed E-state index contributed by atoms with van der Waals surface area (Å²) in [4.78, 5) is 35.3. The van der Waals surface area contributed by atoms with E-state index < -0.39 is 30.1 Å². The number of rotatable bonds is 8. The lowest BCUT2D eigenvalue weighted by atomic mass is 10.2. The van der Waals surface area contributed by atoms with Crippen LogP contribution in [0.3, 0.4) is 0 Å². The van der Waals surface area contributed by atoms with Crippen molar-refractivity contribution in [3.63, 3.8) is 0 Å². The molecule has 0 aromatic carbocycles. The van der Waals surface area contributed by atoms with Gasteiger partial charge in [0, 0.05) is 6.54 Å². The van der Waals surface area contributed by atoms with Crippen LogP contribution in [0.1, 0.15) is 27.7 Å². The third-order valence-corrected chi connectivity index (χ3v) is 2.54. The number of esters is 1. The summed E-state index contributed by atoms with van der Waals surface area (Å²) >= 11 is 0. The zero-order valence-corrected chi connectivity index (χ0v) is 12.8. The van der Waals surface area contributed by atoms with Crippen LogP contribution >= 0.6 is 0 Å². The first kappa shape index (κ1) is 19.2. The van der Waals surface area contributed by atoms with Crippen molar-refractivity contribution < 1.29 is 29.3 Å². The Bertz CT molecular complexity index is 372. The van der Waals surface area contributed by atoms with Crippen LogP contribution in [0.15, 0.2) is 0 Å². The van der Waals surface area contributed by atoms with Gasteiger partial charge >= 0.3 is 18.0 Å². The zero-order chi connectivity index (χ0) is 16.6. The number of carbonyl (C=O) groups excluding carboxylic acids is 2. The van der Waals surface area contributed by atoms with E-state index in [4.69, 9.17) is 5.11 Å². The number of hydrogen-bond donors (Lipinski definition) is 3. The molecule has 8 heteroatoms. The molecule has 0 saturated carbocycles. The van der Waals surface area contributed by atoms with Gasteiger partial charge in [0.15, 0.2) is 6.10 Å². The van der Waals surface area contributed by atoms with Crippen LogP contribution in [0.25, 0.3) is 0 Å². The monoisotopic (exact) mass is 304 g/mol. The molecule has 0 spiro atoms. The van der Waals surface area contributed by atoms with E-state index in [1.54, 1.807) is 6.92 Å². The van der Waals surface area contributed by atoms with Gasteiger partial charge in [0.2, 0.25) is 0 Å². The van der Waals surface area contributed by atoms with E-state index in [0.717, 1.165) is 0 Å². The Kier molecular flexibility index (Phi) is 8.37. The van der Waals surface area contributed by atoms with E-state index in [2.05, 4.69) is 10.1 Å². The summed E-state index contributed by atoms with van der Waals surface area (Å²) in [7, 11) is 0. The molecule has 122 valence electrons. The fourth-order valence-corrected chi connectivity index (χ4v) is 1.54. The average molecular weight is 304 g/mol. The third kappa shape index (κ3) is 7.50. The predicted octanol–water partition coefficient (Wildman–Crippen LogP) is 0.0511. The van der Waals surface area contributed by atoms with Gasteiger partial charge in [0.25, 0.3) is 0 Å². The molecule has 0 aliphatic heterocycles. The molecule has 2 atom stereocenters. The summed E-state index contributed by atoms with van der Waals surface area (Å²) in [6, 6.07) is -1.71. The number of carboxylic acids is 1. The Morgan fingerprint density at radius 3 is 2.19 bits per heavy atom. The molecule has 0 fully saturated rings. The highest BCUT2D eigenvalue weighted by Crippen LogP contribution is 2.03. The minimum atomic E-state index is -1.46. The van der Waals surface area contributed by atoms with Gasteiger partial charge in [0.05, 0.1) is 13.2 Å². The van der Waals surface area contributed by atoms with Crippen LogP contribution in [-0.2, 0) is 14.3 Å². The number of carboxylic acid groups (broad SMARTS) is 1. The summed E-state index contributed by atoms with van der Waals surface area (Å²) in [6.07, 6.45) is -1.46. The normalized spacial score (nSPS) is 13.4. The van der Waals surface area contributed by atoms with Crippen molar-refractivity contribution in [3.05, 3.63) is 0 Å². The van der Waals surface area contributed by atoms with E-state index in [1.165, 1.54) is 11.8 Å². The van der Waals surface area contributed by atoms with E-state index in [9.17, 15) is 19.5 Å². The van der Waals surface area contributed by atoms with Crippen molar-refractivity contribution >= 4 is 18.0 Å². The number of ether oxygens (including phenoxy) is 1.